The van der Waals surface area contributed by atoms with Crippen LogP contribution in [0.25, 0.3) is 0 Å². The van der Waals surface area contributed by atoms with Crippen LogP contribution in [0.4, 0.5) is 0 Å². The Kier molecular flexibility index (Phi) is 4.46. The van der Waals surface area contributed by atoms with Crippen molar-refractivity contribution < 1.29 is 13.2 Å². The van der Waals surface area contributed by atoms with Gasteiger partial charge in [-0.1, -0.05) is 11.6 Å². The fourth-order valence-corrected chi connectivity index (χ4v) is 3.58. The third-order valence-electron chi connectivity index (χ3n) is 2.44. The molecule has 2 aromatic rings. The van der Waals surface area contributed by atoms with Gasteiger partial charge in [0, 0.05) is 11.4 Å². The number of rotatable bonds is 5. The van der Waals surface area contributed by atoms with E-state index in [1.54, 1.807) is 24.3 Å². The quantitative estimate of drug-likeness (QED) is 0.922. The number of sulfonamides is 1. The summed E-state index contributed by atoms with van der Waals surface area (Å²) in [5.74, 6) is 0.615. The summed E-state index contributed by atoms with van der Waals surface area (Å²) in [5.41, 5.74) is 0. The van der Waals surface area contributed by atoms with Crippen molar-refractivity contribution in [2.75, 3.05) is 7.11 Å². The molecule has 0 bridgehead atoms. The molecule has 0 aliphatic carbocycles. The van der Waals surface area contributed by atoms with E-state index in [1.165, 1.54) is 30.6 Å². The SMILES string of the molecule is COc1ccc(S(=O)(=O)NCc2ccc(Cl)s2)cc1. The van der Waals surface area contributed by atoms with Gasteiger partial charge in [0.05, 0.1) is 16.3 Å². The lowest BCUT2D eigenvalue weighted by Gasteiger charge is -2.06. The highest BCUT2D eigenvalue weighted by atomic mass is 35.5. The number of methoxy groups -OCH3 is 1. The van der Waals surface area contributed by atoms with Crippen molar-refractivity contribution in [3.8, 4) is 5.75 Å². The first-order valence-corrected chi connectivity index (χ1v) is 8.07. The maximum Gasteiger partial charge on any atom is 0.240 e. The van der Waals surface area contributed by atoms with Crippen molar-refractivity contribution in [1.29, 1.82) is 0 Å². The summed E-state index contributed by atoms with van der Waals surface area (Å²) < 4.78 is 32.2. The molecule has 0 unspecified atom stereocenters. The number of nitrogens with one attached hydrogen (secondary N) is 1. The normalized spacial score (nSPS) is 11.5. The first-order chi connectivity index (χ1) is 9.01. The lowest BCUT2D eigenvalue weighted by Crippen LogP contribution is -2.22. The van der Waals surface area contributed by atoms with Crippen LogP contribution >= 0.6 is 22.9 Å². The fraction of sp³-hybridized carbons (Fsp3) is 0.167. The van der Waals surface area contributed by atoms with Crippen LogP contribution in [-0.4, -0.2) is 15.5 Å². The molecule has 0 fully saturated rings. The largest absolute Gasteiger partial charge is 0.497 e. The van der Waals surface area contributed by atoms with Crippen molar-refractivity contribution in [2.24, 2.45) is 0 Å². The number of thiophene rings is 1. The Morgan fingerprint density at radius 1 is 1.21 bits per heavy atom. The molecule has 0 aliphatic rings. The molecule has 1 aromatic carbocycles. The van der Waals surface area contributed by atoms with Gasteiger partial charge >= 0.3 is 0 Å². The molecule has 0 saturated heterocycles. The van der Waals surface area contributed by atoms with Gasteiger partial charge in [0.2, 0.25) is 10.0 Å². The predicted molar refractivity (Wildman–Crippen MR) is 76.3 cm³/mol. The number of hydrogen-bond donors (Lipinski definition) is 1. The van der Waals surface area contributed by atoms with Crippen molar-refractivity contribution in [2.45, 2.75) is 11.4 Å². The van der Waals surface area contributed by atoms with Crippen LogP contribution in [-0.2, 0) is 16.6 Å². The van der Waals surface area contributed by atoms with Gasteiger partial charge in [-0.25, -0.2) is 13.1 Å². The fourth-order valence-electron chi connectivity index (χ4n) is 1.45. The Morgan fingerprint density at radius 2 is 1.89 bits per heavy atom. The zero-order valence-corrected chi connectivity index (χ0v) is 12.5. The van der Waals surface area contributed by atoms with Gasteiger partial charge < -0.3 is 4.74 Å². The van der Waals surface area contributed by atoms with Gasteiger partial charge in [0.25, 0.3) is 0 Å². The van der Waals surface area contributed by atoms with Gasteiger partial charge in [-0.2, -0.15) is 0 Å². The smallest absolute Gasteiger partial charge is 0.240 e. The maximum atomic E-state index is 12.0. The van der Waals surface area contributed by atoms with E-state index < -0.39 is 10.0 Å². The standard InChI is InChI=1S/C12H12ClNO3S2/c1-17-9-2-5-11(6-3-9)19(15,16)14-8-10-4-7-12(13)18-10/h2-7,14H,8H2,1H3. The topological polar surface area (TPSA) is 55.4 Å². The zero-order valence-electron chi connectivity index (χ0n) is 10.1. The summed E-state index contributed by atoms with van der Waals surface area (Å²) in [7, 11) is -1.99. The van der Waals surface area contributed by atoms with Crippen LogP contribution in [0.1, 0.15) is 4.88 Å². The van der Waals surface area contributed by atoms with Crippen LogP contribution in [0.2, 0.25) is 4.34 Å². The lowest BCUT2D eigenvalue weighted by molar-refractivity contribution is 0.414. The second-order valence-corrected chi connectivity index (χ2v) is 7.27. The van der Waals surface area contributed by atoms with Crippen molar-refractivity contribution in [1.82, 2.24) is 4.72 Å². The highest BCUT2D eigenvalue weighted by Crippen LogP contribution is 2.22. The van der Waals surface area contributed by atoms with Crippen molar-refractivity contribution in [3.05, 3.63) is 45.6 Å². The molecule has 2 rings (SSSR count). The van der Waals surface area contributed by atoms with Crippen molar-refractivity contribution >= 4 is 33.0 Å². The molecule has 7 heteroatoms. The van der Waals surface area contributed by atoms with Crippen LogP contribution in [0.3, 0.4) is 0 Å². The Labute approximate surface area is 121 Å². The van der Waals surface area contributed by atoms with Crippen LogP contribution in [0.15, 0.2) is 41.3 Å². The Balaban J connectivity index is 2.09. The average Bonchev–Trinajstić information content (AvgIpc) is 2.82. The Morgan fingerprint density at radius 3 is 2.42 bits per heavy atom. The van der Waals surface area contributed by atoms with E-state index in [-0.39, 0.29) is 11.4 Å². The van der Waals surface area contributed by atoms with Gasteiger partial charge in [-0.15, -0.1) is 11.3 Å². The zero-order chi connectivity index (χ0) is 13.9. The van der Waals surface area contributed by atoms with E-state index in [2.05, 4.69) is 4.72 Å². The van der Waals surface area contributed by atoms with E-state index in [4.69, 9.17) is 16.3 Å². The molecular formula is C12H12ClNO3S2. The molecule has 1 aromatic heterocycles. The first-order valence-electron chi connectivity index (χ1n) is 5.39. The Bertz CT molecular complexity index is 650. The minimum Gasteiger partial charge on any atom is -0.497 e. The van der Waals surface area contributed by atoms with E-state index in [0.717, 1.165) is 4.88 Å². The van der Waals surface area contributed by atoms with E-state index >= 15 is 0 Å². The van der Waals surface area contributed by atoms with Crippen LogP contribution < -0.4 is 9.46 Å². The third kappa shape index (κ3) is 3.70. The summed E-state index contributed by atoms with van der Waals surface area (Å²) in [6.07, 6.45) is 0. The Hall–Kier alpha value is -1.08. The molecule has 19 heavy (non-hydrogen) atoms. The molecule has 4 nitrogen and oxygen atoms in total. The summed E-state index contributed by atoms with van der Waals surface area (Å²) >= 11 is 7.14. The summed E-state index contributed by atoms with van der Waals surface area (Å²) in [4.78, 5) is 1.07. The number of ether oxygens (including phenoxy) is 1. The van der Waals surface area contributed by atoms with E-state index in [9.17, 15) is 8.42 Å². The van der Waals surface area contributed by atoms with Crippen molar-refractivity contribution in [3.63, 3.8) is 0 Å². The van der Waals surface area contributed by atoms with E-state index in [0.29, 0.717) is 10.1 Å². The molecule has 0 saturated carbocycles. The molecule has 0 radical (unpaired) electrons. The monoisotopic (exact) mass is 317 g/mol. The number of hydrogen-bond acceptors (Lipinski definition) is 4. The molecule has 0 amide bonds. The van der Waals surface area contributed by atoms with Gasteiger partial charge in [0.1, 0.15) is 5.75 Å². The number of halogens is 1. The van der Waals surface area contributed by atoms with Gasteiger partial charge in [-0.3, -0.25) is 0 Å². The molecule has 0 spiro atoms. The summed E-state index contributed by atoms with van der Waals surface area (Å²) in [6.45, 7) is 0.228. The highest BCUT2D eigenvalue weighted by Gasteiger charge is 2.14. The minimum atomic E-state index is -3.52. The number of benzene rings is 1. The molecule has 0 atom stereocenters. The van der Waals surface area contributed by atoms with Gasteiger partial charge in [-0.05, 0) is 36.4 Å². The summed E-state index contributed by atoms with van der Waals surface area (Å²) in [6, 6.07) is 9.76. The highest BCUT2D eigenvalue weighted by molar-refractivity contribution is 7.89. The second kappa shape index (κ2) is 5.92. The molecular weight excluding hydrogens is 306 g/mol. The first kappa shape index (κ1) is 14.3. The molecule has 0 aliphatic heterocycles. The third-order valence-corrected chi connectivity index (χ3v) is 5.08. The van der Waals surface area contributed by atoms with Gasteiger partial charge in [0.15, 0.2) is 0 Å². The van der Waals surface area contributed by atoms with Crippen LogP contribution in [0, 0.1) is 0 Å². The average molecular weight is 318 g/mol. The molecule has 1 N–H and O–H groups in total. The second-order valence-electron chi connectivity index (χ2n) is 3.71. The molecule has 102 valence electrons. The lowest BCUT2D eigenvalue weighted by atomic mass is 10.3. The molecule has 1 heterocycles. The summed E-state index contributed by atoms with van der Waals surface area (Å²) in [5, 5.41) is 0. The van der Waals surface area contributed by atoms with E-state index in [1.807, 2.05) is 0 Å². The maximum absolute atomic E-state index is 12.0. The van der Waals surface area contributed by atoms with Crippen LogP contribution in [0.5, 0.6) is 5.75 Å². The predicted octanol–water partition coefficient (Wildman–Crippen LogP) is 2.89. The minimum absolute atomic E-state index is 0.205.